The van der Waals surface area contributed by atoms with Gasteiger partial charge in [-0.2, -0.15) is 10.2 Å². The van der Waals surface area contributed by atoms with E-state index in [1.807, 2.05) is 0 Å². The highest BCUT2D eigenvalue weighted by molar-refractivity contribution is 6.01. The Balaban J connectivity index is 2.19. The molecule has 132 valence electrons. The highest BCUT2D eigenvalue weighted by Crippen LogP contribution is 2.24. The van der Waals surface area contributed by atoms with Crippen LogP contribution in [0.2, 0.25) is 0 Å². The lowest BCUT2D eigenvalue weighted by Crippen LogP contribution is -2.29. The minimum Gasteiger partial charge on any atom is -0.507 e. The third-order valence-corrected chi connectivity index (χ3v) is 3.84. The largest absolute Gasteiger partial charge is 0.507 e. The van der Waals surface area contributed by atoms with E-state index in [1.54, 1.807) is 39.0 Å². The van der Waals surface area contributed by atoms with E-state index in [0.717, 1.165) is 0 Å². The molecule has 0 bridgehead atoms. The number of aryl methyl sites for hydroxylation is 1. The number of para-hydroxylation sites is 1. The molecule has 0 saturated carbocycles. The number of nitrogens with zero attached hydrogens (tertiary/aromatic N) is 4. The van der Waals surface area contributed by atoms with Gasteiger partial charge in [0.15, 0.2) is 0 Å². The van der Waals surface area contributed by atoms with Crippen LogP contribution in [0.4, 0.5) is 5.69 Å². The molecule has 0 radical (unpaired) electrons. The van der Waals surface area contributed by atoms with Crippen molar-refractivity contribution in [2.24, 2.45) is 5.10 Å². The van der Waals surface area contributed by atoms with Crippen LogP contribution in [-0.2, 0) is 4.79 Å². The number of benzene rings is 1. The molecule has 1 heterocycles. The van der Waals surface area contributed by atoms with E-state index in [2.05, 4.69) is 15.6 Å². The van der Waals surface area contributed by atoms with Gasteiger partial charge < -0.3 is 5.11 Å². The van der Waals surface area contributed by atoms with Crippen molar-refractivity contribution >= 4 is 17.3 Å². The van der Waals surface area contributed by atoms with Gasteiger partial charge in [0.25, 0.3) is 5.91 Å². The van der Waals surface area contributed by atoms with Crippen molar-refractivity contribution in [1.29, 1.82) is 0 Å². The predicted molar refractivity (Wildman–Crippen MR) is 91.5 cm³/mol. The molecule has 0 spiro atoms. The van der Waals surface area contributed by atoms with E-state index < -0.39 is 16.9 Å². The summed E-state index contributed by atoms with van der Waals surface area (Å²) in [5.41, 5.74) is 3.77. The number of hydrazone groups is 1. The molecule has 2 rings (SSSR count). The summed E-state index contributed by atoms with van der Waals surface area (Å²) >= 11 is 0. The Morgan fingerprint density at radius 1 is 1.40 bits per heavy atom. The van der Waals surface area contributed by atoms with E-state index in [9.17, 15) is 20.0 Å². The fraction of sp³-hybridized carbons (Fsp3) is 0.312. The molecular weight excluding hydrogens is 326 g/mol. The number of phenolic OH excluding ortho intramolecular Hbond substituents is 1. The van der Waals surface area contributed by atoms with E-state index in [1.165, 1.54) is 17.7 Å². The Bertz CT molecular complexity index is 856. The number of nitrogens with one attached hydrogen (secondary N) is 1. The first-order valence-corrected chi connectivity index (χ1v) is 7.56. The minimum atomic E-state index is -0.784. The molecule has 1 amide bonds. The second kappa shape index (κ2) is 7.12. The summed E-state index contributed by atoms with van der Waals surface area (Å²) in [7, 11) is 0. The van der Waals surface area contributed by atoms with Crippen molar-refractivity contribution < 1.29 is 14.8 Å². The van der Waals surface area contributed by atoms with Crippen molar-refractivity contribution in [3.8, 4) is 5.75 Å². The van der Waals surface area contributed by atoms with Gasteiger partial charge in [-0.25, -0.2) is 5.43 Å². The monoisotopic (exact) mass is 345 g/mol. The number of carbonyl (C=O) groups is 1. The molecule has 2 aromatic rings. The molecular formula is C16H19N5O4. The number of phenols is 1. The summed E-state index contributed by atoms with van der Waals surface area (Å²) in [6.07, 6.45) is 0. The number of hydrogen-bond acceptors (Lipinski definition) is 6. The van der Waals surface area contributed by atoms with Crippen LogP contribution in [0, 0.1) is 24.0 Å². The maximum Gasteiger partial charge on any atom is 0.312 e. The minimum absolute atomic E-state index is 0.0558. The zero-order chi connectivity index (χ0) is 18.7. The Morgan fingerprint density at radius 3 is 2.60 bits per heavy atom. The van der Waals surface area contributed by atoms with Crippen LogP contribution < -0.4 is 5.43 Å². The summed E-state index contributed by atoms with van der Waals surface area (Å²) in [6, 6.07) is 5.84. The molecule has 0 fully saturated rings. The maximum absolute atomic E-state index is 12.3. The molecule has 1 atom stereocenters. The van der Waals surface area contributed by atoms with Crippen molar-refractivity contribution in [3.63, 3.8) is 0 Å². The zero-order valence-corrected chi connectivity index (χ0v) is 14.3. The third kappa shape index (κ3) is 3.65. The van der Waals surface area contributed by atoms with Crippen LogP contribution in [0.1, 0.15) is 36.8 Å². The number of rotatable bonds is 5. The fourth-order valence-corrected chi connectivity index (χ4v) is 2.48. The summed E-state index contributed by atoms with van der Waals surface area (Å²) in [4.78, 5) is 22.8. The molecule has 0 unspecified atom stereocenters. The summed E-state index contributed by atoms with van der Waals surface area (Å²) < 4.78 is 1.30. The molecule has 9 heteroatoms. The molecule has 0 saturated heterocycles. The van der Waals surface area contributed by atoms with Crippen molar-refractivity contribution in [2.45, 2.75) is 33.7 Å². The van der Waals surface area contributed by atoms with Gasteiger partial charge in [0.2, 0.25) is 0 Å². The van der Waals surface area contributed by atoms with E-state index in [-0.39, 0.29) is 17.1 Å². The third-order valence-electron chi connectivity index (χ3n) is 3.84. The van der Waals surface area contributed by atoms with Crippen molar-refractivity contribution in [3.05, 3.63) is 51.3 Å². The van der Waals surface area contributed by atoms with E-state index in [4.69, 9.17) is 0 Å². The smallest absolute Gasteiger partial charge is 0.312 e. The molecule has 25 heavy (non-hydrogen) atoms. The number of aromatic nitrogens is 2. The second-order valence-electron chi connectivity index (χ2n) is 5.59. The number of carbonyl (C=O) groups excluding carboxylic acids is 1. The highest BCUT2D eigenvalue weighted by Gasteiger charge is 2.27. The summed E-state index contributed by atoms with van der Waals surface area (Å²) in [5, 5.41) is 28.9. The van der Waals surface area contributed by atoms with Crippen LogP contribution >= 0.6 is 0 Å². The molecule has 0 aliphatic heterocycles. The van der Waals surface area contributed by atoms with E-state index in [0.29, 0.717) is 17.0 Å². The number of aromatic hydroxyl groups is 1. The summed E-state index contributed by atoms with van der Waals surface area (Å²) in [5.74, 6) is -0.421. The van der Waals surface area contributed by atoms with Crippen LogP contribution in [0.15, 0.2) is 29.4 Å². The Morgan fingerprint density at radius 2 is 2.04 bits per heavy atom. The first-order valence-electron chi connectivity index (χ1n) is 7.56. The average molecular weight is 345 g/mol. The predicted octanol–water partition coefficient (Wildman–Crippen LogP) is 2.22. The normalized spacial score (nSPS) is 12.7. The van der Waals surface area contributed by atoms with Gasteiger partial charge in [-0.15, -0.1) is 0 Å². The first kappa shape index (κ1) is 18.1. The lowest BCUT2D eigenvalue weighted by molar-refractivity contribution is -0.386. The van der Waals surface area contributed by atoms with Gasteiger partial charge in [-0.05, 0) is 39.8 Å². The topological polar surface area (TPSA) is 123 Å². The average Bonchev–Trinajstić information content (AvgIpc) is 2.86. The number of amides is 1. The number of nitro groups is 1. The Hall–Kier alpha value is -3.23. The van der Waals surface area contributed by atoms with Gasteiger partial charge in [0, 0.05) is 5.56 Å². The molecule has 1 aromatic carbocycles. The summed E-state index contributed by atoms with van der Waals surface area (Å²) in [6.45, 7) is 6.28. The molecule has 0 aliphatic rings. The first-order chi connectivity index (χ1) is 11.7. The van der Waals surface area contributed by atoms with Crippen molar-refractivity contribution in [2.75, 3.05) is 0 Å². The molecule has 1 aromatic heterocycles. The number of hydrogen-bond donors (Lipinski definition) is 2. The van der Waals surface area contributed by atoms with Crippen LogP contribution in [0.25, 0.3) is 0 Å². The Labute approximate surface area is 144 Å². The van der Waals surface area contributed by atoms with Gasteiger partial charge in [0.1, 0.15) is 23.2 Å². The Kier molecular flexibility index (Phi) is 5.16. The van der Waals surface area contributed by atoms with Crippen LogP contribution in [0.5, 0.6) is 5.75 Å². The van der Waals surface area contributed by atoms with Gasteiger partial charge in [-0.1, -0.05) is 12.1 Å². The lowest BCUT2D eigenvalue weighted by atomic mass is 10.1. The van der Waals surface area contributed by atoms with Crippen molar-refractivity contribution in [1.82, 2.24) is 15.2 Å². The lowest BCUT2D eigenvalue weighted by Gasteiger charge is -2.12. The standard InChI is InChI=1S/C16H19N5O4/c1-9(13-7-5-6-8-14(13)22)17-18-16(23)12(4)20-11(3)15(21(24)25)10(2)19-20/h5-8,12,22H,1-4H3,(H,18,23)/b17-9-/t12-/m0/s1. The van der Waals surface area contributed by atoms with E-state index >= 15 is 0 Å². The molecule has 9 nitrogen and oxygen atoms in total. The van der Waals surface area contributed by atoms with Crippen LogP contribution in [0.3, 0.4) is 0 Å². The fourth-order valence-electron chi connectivity index (χ4n) is 2.48. The zero-order valence-electron chi connectivity index (χ0n) is 14.3. The SMILES string of the molecule is C/C(=N/NC(=O)[C@H](C)n1nc(C)c([N+](=O)[O-])c1C)c1ccccc1O. The maximum atomic E-state index is 12.3. The van der Waals surface area contributed by atoms with Crippen LogP contribution in [-0.4, -0.2) is 31.4 Å². The molecule has 2 N–H and O–H groups in total. The van der Waals surface area contributed by atoms with Gasteiger partial charge in [0.05, 0.1) is 10.6 Å². The van der Waals surface area contributed by atoms with Gasteiger partial charge in [-0.3, -0.25) is 19.6 Å². The van der Waals surface area contributed by atoms with Gasteiger partial charge >= 0.3 is 5.69 Å². The second-order valence-corrected chi connectivity index (χ2v) is 5.59. The quantitative estimate of drug-likeness (QED) is 0.488. The highest BCUT2D eigenvalue weighted by atomic mass is 16.6. The molecule has 0 aliphatic carbocycles.